The van der Waals surface area contributed by atoms with Crippen LogP contribution in [0.4, 0.5) is 10.2 Å². The van der Waals surface area contributed by atoms with Crippen molar-refractivity contribution in [1.82, 2.24) is 19.9 Å². The Labute approximate surface area is 160 Å². The van der Waals surface area contributed by atoms with Crippen molar-refractivity contribution < 1.29 is 13.9 Å². The van der Waals surface area contributed by atoms with Gasteiger partial charge in [-0.1, -0.05) is 0 Å². The minimum Gasteiger partial charge on any atom is -0.491 e. The van der Waals surface area contributed by atoms with Gasteiger partial charge in [0.1, 0.15) is 29.6 Å². The molecule has 7 nitrogen and oxygen atoms in total. The normalized spacial score (nSPS) is 25.7. The highest BCUT2D eigenvalue weighted by Gasteiger charge is 2.64. The van der Waals surface area contributed by atoms with E-state index in [2.05, 4.69) is 15.3 Å². The van der Waals surface area contributed by atoms with Crippen LogP contribution in [0.5, 0.6) is 5.75 Å². The van der Waals surface area contributed by atoms with Gasteiger partial charge in [0.05, 0.1) is 18.3 Å². The fourth-order valence-electron chi connectivity index (χ4n) is 4.82. The molecule has 1 N–H and O–H groups in total. The van der Waals surface area contributed by atoms with Crippen molar-refractivity contribution in [1.29, 1.82) is 0 Å². The highest BCUT2D eigenvalue weighted by Crippen LogP contribution is 2.64. The Morgan fingerprint density at radius 2 is 2.25 bits per heavy atom. The van der Waals surface area contributed by atoms with E-state index in [0.29, 0.717) is 36.0 Å². The molecule has 28 heavy (non-hydrogen) atoms. The van der Waals surface area contributed by atoms with Gasteiger partial charge >= 0.3 is 0 Å². The fourth-order valence-corrected chi connectivity index (χ4v) is 4.82. The van der Waals surface area contributed by atoms with Crippen LogP contribution in [0, 0.1) is 11.7 Å². The van der Waals surface area contributed by atoms with Crippen LogP contribution in [0.25, 0.3) is 5.65 Å². The van der Waals surface area contributed by atoms with Gasteiger partial charge in [-0.15, -0.1) is 0 Å². The summed E-state index contributed by atoms with van der Waals surface area (Å²) in [7, 11) is 0. The number of rotatable bonds is 0. The first-order chi connectivity index (χ1) is 13.7. The lowest BCUT2D eigenvalue weighted by atomic mass is 10.0. The average molecular weight is 379 g/mol. The maximum Gasteiger partial charge on any atom is 0.256 e. The van der Waals surface area contributed by atoms with Crippen molar-refractivity contribution in [2.45, 2.75) is 18.4 Å². The molecular weight excluding hydrogens is 361 g/mol. The molecule has 3 aromatic rings. The minimum absolute atomic E-state index is 0.234. The number of carbonyl (C=O) groups excluding carboxylic acids is 1. The van der Waals surface area contributed by atoms with E-state index >= 15 is 0 Å². The van der Waals surface area contributed by atoms with Gasteiger partial charge in [-0.2, -0.15) is 5.10 Å². The highest BCUT2D eigenvalue weighted by molar-refractivity contribution is 5.99. The Balaban J connectivity index is 1.57. The van der Waals surface area contributed by atoms with Crippen molar-refractivity contribution in [3.8, 4) is 5.75 Å². The maximum absolute atomic E-state index is 14.2. The second-order valence-electron chi connectivity index (χ2n) is 7.62. The molecule has 0 radical (unpaired) electrons. The van der Waals surface area contributed by atoms with Crippen LogP contribution in [0.2, 0.25) is 0 Å². The van der Waals surface area contributed by atoms with E-state index in [9.17, 15) is 9.18 Å². The predicted octanol–water partition coefficient (Wildman–Crippen LogP) is 2.12. The topological polar surface area (TPSA) is 71.8 Å². The quantitative estimate of drug-likeness (QED) is 0.648. The van der Waals surface area contributed by atoms with Gasteiger partial charge in [-0.05, 0) is 43.0 Å². The zero-order valence-electron chi connectivity index (χ0n) is 15.1. The fraction of sp³-hybridized carbons (Fsp3) is 0.350. The first-order valence-corrected chi connectivity index (χ1v) is 9.50. The van der Waals surface area contributed by atoms with Crippen molar-refractivity contribution in [2.24, 2.45) is 5.92 Å². The molecule has 6 rings (SSSR count). The summed E-state index contributed by atoms with van der Waals surface area (Å²) in [5, 5.41) is 7.08. The minimum atomic E-state index is -0.297. The van der Waals surface area contributed by atoms with Gasteiger partial charge in [0.25, 0.3) is 5.91 Å². The number of ether oxygens (including phenoxy) is 1. The van der Waals surface area contributed by atoms with Gasteiger partial charge in [0.2, 0.25) is 0 Å². The summed E-state index contributed by atoms with van der Waals surface area (Å²) in [6.07, 6.45) is 5.32. The molecule has 142 valence electrons. The Bertz CT molecular complexity index is 1130. The molecule has 2 aromatic heterocycles. The van der Waals surface area contributed by atoms with Gasteiger partial charge in [0.15, 0.2) is 5.65 Å². The number of anilines is 1. The van der Waals surface area contributed by atoms with E-state index < -0.39 is 0 Å². The van der Waals surface area contributed by atoms with Crippen LogP contribution >= 0.6 is 0 Å². The van der Waals surface area contributed by atoms with Crippen molar-refractivity contribution >= 4 is 17.4 Å². The SMILES string of the molecule is O=C1NCCOc2ccc(F)cc2[C@@]23C[C@@H]2CCN3c2ccn3ncc1c3n2. The molecule has 2 atom stereocenters. The zero-order chi connectivity index (χ0) is 18.9. The second-order valence-corrected chi connectivity index (χ2v) is 7.62. The first-order valence-electron chi connectivity index (χ1n) is 9.50. The van der Waals surface area contributed by atoms with E-state index in [1.807, 2.05) is 12.3 Å². The molecule has 1 amide bonds. The molecule has 2 fully saturated rings. The standard InChI is InChI=1S/C20H18FN5O2/c21-13-1-2-16-15(9-13)20-10-12(20)3-6-25(20)17-4-7-26-18(24-17)14(11-23-26)19(27)22-5-8-28-16/h1-2,4,7,9,11-12H,3,5-6,8,10H2,(H,22,27)/t12-,20+/m0/s1. The van der Waals surface area contributed by atoms with Crippen molar-refractivity contribution in [3.63, 3.8) is 0 Å². The molecule has 1 aliphatic carbocycles. The van der Waals surface area contributed by atoms with Crippen LogP contribution < -0.4 is 15.0 Å². The Kier molecular flexibility index (Phi) is 3.08. The molecular formula is C20H18FN5O2. The monoisotopic (exact) mass is 379 g/mol. The molecule has 1 aromatic carbocycles. The van der Waals surface area contributed by atoms with Gasteiger partial charge < -0.3 is 15.0 Å². The van der Waals surface area contributed by atoms with E-state index in [4.69, 9.17) is 9.72 Å². The number of nitrogens with one attached hydrogen (secondary N) is 1. The van der Waals surface area contributed by atoms with Crippen molar-refractivity contribution in [3.05, 3.63) is 53.6 Å². The lowest BCUT2D eigenvalue weighted by Gasteiger charge is -2.31. The second kappa shape index (κ2) is 5.43. The molecule has 4 heterocycles. The van der Waals surface area contributed by atoms with E-state index in [1.165, 1.54) is 12.3 Å². The smallest absolute Gasteiger partial charge is 0.256 e. The van der Waals surface area contributed by atoms with Crippen LogP contribution in [-0.2, 0) is 5.54 Å². The molecule has 1 saturated heterocycles. The summed E-state index contributed by atoms with van der Waals surface area (Å²) in [5.74, 6) is 1.39. The molecule has 2 bridgehead atoms. The summed E-state index contributed by atoms with van der Waals surface area (Å²) in [6.45, 7) is 1.48. The number of aromatic nitrogens is 3. The number of hydrogen-bond acceptors (Lipinski definition) is 5. The molecule has 3 aliphatic rings. The number of hydrogen-bond donors (Lipinski definition) is 1. The number of fused-ring (bicyclic) bond motifs is 3. The number of carbonyl (C=O) groups is 1. The largest absolute Gasteiger partial charge is 0.491 e. The van der Waals surface area contributed by atoms with E-state index in [0.717, 1.165) is 30.8 Å². The van der Waals surface area contributed by atoms with Crippen LogP contribution in [-0.4, -0.2) is 40.2 Å². The number of benzene rings is 1. The third kappa shape index (κ3) is 2.05. The van der Waals surface area contributed by atoms with Gasteiger partial charge in [-0.25, -0.2) is 13.9 Å². The third-order valence-corrected chi connectivity index (χ3v) is 6.18. The van der Waals surface area contributed by atoms with Gasteiger partial charge in [0, 0.05) is 18.3 Å². The lowest BCUT2D eigenvalue weighted by molar-refractivity contribution is 0.0948. The molecule has 1 saturated carbocycles. The molecule has 2 aliphatic heterocycles. The van der Waals surface area contributed by atoms with Crippen LogP contribution in [0.15, 0.2) is 36.7 Å². The van der Waals surface area contributed by atoms with E-state index in [1.54, 1.807) is 16.6 Å². The van der Waals surface area contributed by atoms with Crippen LogP contribution in [0.3, 0.4) is 0 Å². The predicted molar refractivity (Wildman–Crippen MR) is 99.0 cm³/mol. The lowest BCUT2D eigenvalue weighted by Crippen LogP contribution is -2.34. The Morgan fingerprint density at radius 1 is 1.32 bits per heavy atom. The Morgan fingerprint density at radius 3 is 3.14 bits per heavy atom. The number of halogens is 1. The zero-order valence-corrected chi connectivity index (χ0v) is 15.1. The van der Waals surface area contributed by atoms with Crippen molar-refractivity contribution in [2.75, 3.05) is 24.6 Å². The summed E-state index contributed by atoms with van der Waals surface area (Å²) in [5.41, 5.74) is 1.53. The summed E-state index contributed by atoms with van der Waals surface area (Å²) >= 11 is 0. The number of nitrogens with zero attached hydrogens (tertiary/aromatic N) is 4. The summed E-state index contributed by atoms with van der Waals surface area (Å²) in [6, 6.07) is 6.61. The molecule has 0 unspecified atom stereocenters. The number of piperidine rings is 1. The highest BCUT2D eigenvalue weighted by atomic mass is 19.1. The average Bonchev–Trinajstić information content (AvgIpc) is 3.08. The summed E-state index contributed by atoms with van der Waals surface area (Å²) < 4.78 is 21.8. The summed E-state index contributed by atoms with van der Waals surface area (Å²) in [4.78, 5) is 19.6. The van der Waals surface area contributed by atoms with Gasteiger partial charge in [-0.3, -0.25) is 4.79 Å². The maximum atomic E-state index is 14.2. The molecule has 1 spiro atoms. The van der Waals surface area contributed by atoms with Crippen LogP contribution in [0.1, 0.15) is 28.8 Å². The van der Waals surface area contributed by atoms with E-state index in [-0.39, 0.29) is 17.3 Å². The third-order valence-electron chi connectivity index (χ3n) is 6.18. The Hall–Kier alpha value is -3.16. The molecule has 8 heteroatoms. The number of amides is 1. The first kappa shape index (κ1) is 15.9.